The Hall–Kier alpha value is -3.35. The van der Waals surface area contributed by atoms with Crippen LogP contribution in [0.3, 0.4) is 0 Å². The number of benzene rings is 4. The molecule has 0 bridgehead atoms. The first-order chi connectivity index (χ1) is 16.9. The molecule has 4 rings (SSSR count). The standard InChI is InChI=1S/C29H28F3NO2/c1-20(25-9-5-7-22-6-3-4-8-26(22)25)33-19-21-10-15-28(35-17-16-34-2)27(18-21)23-11-13-24(14-12-23)29(30,31)32/h3-15,18,20,33H,16-17,19H2,1-2H3/t20-/m1/s1. The summed E-state index contributed by atoms with van der Waals surface area (Å²) in [7, 11) is 1.59. The van der Waals surface area contributed by atoms with Crippen LogP contribution in [-0.4, -0.2) is 20.3 Å². The van der Waals surface area contributed by atoms with Gasteiger partial charge in [-0.05, 0) is 58.7 Å². The SMILES string of the molecule is COCCOc1ccc(CN[C@H](C)c2cccc3ccccc23)cc1-c1ccc(C(F)(F)F)cc1. The predicted molar refractivity (Wildman–Crippen MR) is 133 cm³/mol. The Morgan fingerprint density at radius 1 is 0.857 bits per heavy atom. The van der Waals surface area contributed by atoms with Gasteiger partial charge in [-0.15, -0.1) is 0 Å². The highest BCUT2D eigenvalue weighted by Gasteiger charge is 2.30. The second-order valence-electron chi connectivity index (χ2n) is 8.42. The van der Waals surface area contributed by atoms with Crippen LogP contribution in [0.5, 0.6) is 5.75 Å². The first-order valence-corrected chi connectivity index (χ1v) is 11.5. The summed E-state index contributed by atoms with van der Waals surface area (Å²) in [5.74, 6) is 0.604. The summed E-state index contributed by atoms with van der Waals surface area (Å²) in [4.78, 5) is 0. The maximum Gasteiger partial charge on any atom is 0.416 e. The Morgan fingerprint density at radius 2 is 1.60 bits per heavy atom. The number of hydrogen-bond acceptors (Lipinski definition) is 3. The minimum Gasteiger partial charge on any atom is -0.491 e. The first-order valence-electron chi connectivity index (χ1n) is 11.5. The Bertz CT molecular complexity index is 1260. The molecule has 182 valence electrons. The number of alkyl halides is 3. The molecule has 0 aromatic heterocycles. The maximum atomic E-state index is 13.0. The van der Waals surface area contributed by atoms with E-state index in [1.165, 1.54) is 28.5 Å². The lowest BCUT2D eigenvalue weighted by molar-refractivity contribution is -0.137. The van der Waals surface area contributed by atoms with Crippen LogP contribution in [-0.2, 0) is 17.5 Å². The average Bonchev–Trinajstić information content (AvgIpc) is 2.87. The van der Waals surface area contributed by atoms with Crippen molar-refractivity contribution in [2.45, 2.75) is 25.7 Å². The van der Waals surface area contributed by atoms with Crippen LogP contribution in [0.25, 0.3) is 21.9 Å². The minimum absolute atomic E-state index is 0.105. The van der Waals surface area contributed by atoms with Gasteiger partial charge in [-0.1, -0.05) is 60.7 Å². The predicted octanol–water partition coefficient (Wildman–Crippen LogP) is 7.40. The summed E-state index contributed by atoms with van der Waals surface area (Å²) < 4.78 is 50.0. The molecule has 0 saturated heterocycles. The molecule has 0 aliphatic rings. The smallest absolute Gasteiger partial charge is 0.416 e. The van der Waals surface area contributed by atoms with E-state index in [2.05, 4.69) is 42.6 Å². The minimum atomic E-state index is -4.38. The Kier molecular flexibility index (Phi) is 7.73. The fourth-order valence-electron chi connectivity index (χ4n) is 4.12. The van der Waals surface area contributed by atoms with Crippen LogP contribution in [0.2, 0.25) is 0 Å². The van der Waals surface area contributed by atoms with E-state index in [0.29, 0.717) is 31.1 Å². The van der Waals surface area contributed by atoms with Gasteiger partial charge in [0.05, 0.1) is 12.2 Å². The second-order valence-corrected chi connectivity index (χ2v) is 8.42. The zero-order chi connectivity index (χ0) is 24.8. The molecule has 0 aliphatic carbocycles. The average molecular weight is 480 g/mol. The molecule has 1 N–H and O–H groups in total. The number of hydrogen-bond donors (Lipinski definition) is 1. The third kappa shape index (κ3) is 6.02. The van der Waals surface area contributed by atoms with Crippen molar-refractivity contribution < 1.29 is 22.6 Å². The molecule has 0 aliphatic heterocycles. The summed E-state index contributed by atoms with van der Waals surface area (Å²) in [6, 6.07) is 25.7. The monoisotopic (exact) mass is 479 g/mol. The summed E-state index contributed by atoms with van der Waals surface area (Å²) in [6.45, 7) is 3.48. The Labute approximate surface area is 203 Å². The molecule has 35 heavy (non-hydrogen) atoms. The van der Waals surface area contributed by atoms with Crippen LogP contribution < -0.4 is 10.1 Å². The largest absolute Gasteiger partial charge is 0.491 e. The van der Waals surface area contributed by atoms with E-state index in [0.717, 1.165) is 23.3 Å². The van der Waals surface area contributed by atoms with E-state index in [9.17, 15) is 13.2 Å². The molecular weight excluding hydrogens is 451 g/mol. The number of nitrogens with one attached hydrogen (secondary N) is 1. The number of halogens is 3. The van der Waals surface area contributed by atoms with Gasteiger partial charge in [-0.3, -0.25) is 0 Å². The van der Waals surface area contributed by atoms with E-state index in [1.807, 2.05) is 30.3 Å². The van der Waals surface area contributed by atoms with Gasteiger partial charge in [-0.25, -0.2) is 0 Å². The van der Waals surface area contributed by atoms with Crippen molar-refractivity contribution in [3.8, 4) is 16.9 Å². The Morgan fingerprint density at radius 3 is 2.34 bits per heavy atom. The van der Waals surface area contributed by atoms with Crippen LogP contribution >= 0.6 is 0 Å². The summed E-state index contributed by atoms with van der Waals surface area (Å²) in [5, 5.41) is 5.98. The number of methoxy groups -OCH3 is 1. The van der Waals surface area contributed by atoms with Crippen LogP contribution in [0.15, 0.2) is 84.9 Å². The van der Waals surface area contributed by atoms with Crippen molar-refractivity contribution in [2.24, 2.45) is 0 Å². The second kappa shape index (κ2) is 10.9. The zero-order valence-corrected chi connectivity index (χ0v) is 19.7. The lowest BCUT2D eigenvalue weighted by Crippen LogP contribution is -2.18. The molecule has 0 amide bonds. The normalized spacial score (nSPS) is 12.6. The lowest BCUT2D eigenvalue weighted by atomic mass is 9.98. The van der Waals surface area contributed by atoms with Gasteiger partial charge >= 0.3 is 6.18 Å². The highest BCUT2D eigenvalue weighted by atomic mass is 19.4. The third-order valence-electron chi connectivity index (χ3n) is 6.01. The highest BCUT2D eigenvalue weighted by molar-refractivity contribution is 5.86. The van der Waals surface area contributed by atoms with Crippen molar-refractivity contribution in [3.05, 3.63) is 102 Å². The van der Waals surface area contributed by atoms with Crippen molar-refractivity contribution in [3.63, 3.8) is 0 Å². The van der Waals surface area contributed by atoms with Gasteiger partial charge in [0.2, 0.25) is 0 Å². The molecule has 1 atom stereocenters. The molecule has 0 radical (unpaired) electrons. The van der Waals surface area contributed by atoms with Crippen LogP contribution in [0.1, 0.15) is 29.7 Å². The number of fused-ring (bicyclic) bond motifs is 1. The van der Waals surface area contributed by atoms with Gasteiger partial charge in [-0.2, -0.15) is 13.2 Å². The zero-order valence-electron chi connectivity index (χ0n) is 19.7. The molecular formula is C29H28F3NO2. The van der Waals surface area contributed by atoms with Gasteiger partial charge in [0.1, 0.15) is 12.4 Å². The van der Waals surface area contributed by atoms with Crippen LogP contribution in [0, 0.1) is 0 Å². The van der Waals surface area contributed by atoms with Gasteiger partial charge < -0.3 is 14.8 Å². The van der Waals surface area contributed by atoms with Crippen molar-refractivity contribution in [1.29, 1.82) is 0 Å². The third-order valence-corrected chi connectivity index (χ3v) is 6.01. The van der Waals surface area contributed by atoms with Gasteiger partial charge in [0.15, 0.2) is 0 Å². The topological polar surface area (TPSA) is 30.5 Å². The quantitative estimate of drug-likeness (QED) is 0.254. The molecule has 3 nitrogen and oxygen atoms in total. The lowest BCUT2D eigenvalue weighted by Gasteiger charge is -2.18. The van der Waals surface area contributed by atoms with Crippen molar-refractivity contribution >= 4 is 10.8 Å². The highest BCUT2D eigenvalue weighted by Crippen LogP contribution is 2.35. The molecule has 0 heterocycles. The van der Waals surface area contributed by atoms with Crippen LogP contribution in [0.4, 0.5) is 13.2 Å². The first kappa shape index (κ1) is 24.8. The fourth-order valence-corrected chi connectivity index (χ4v) is 4.12. The molecule has 4 aromatic carbocycles. The van der Waals surface area contributed by atoms with E-state index in [1.54, 1.807) is 7.11 Å². The molecule has 0 saturated carbocycles. The molecule has 0 fully saturated rings. The van der Waals surface area contributed by atoms with Gasteiger partial charge in [0.25, 0.3) is 0 Å². The number of rotatable bonds is 9. The Balaban J connectivity index is 1.57. The number of ether oxygens (including phenoxy) is 2. The molecule has 4 aromatic rings. The van der Waals surface area contributed by atoms with E-state index >= 15 is 0 Å². The van der Waals surface area contributed by atoms with Gasteiger partial charge in [0, 0.05) is 25.3 Å². The van der Waals surface area contributed by atoms with E-state index in [-0.39, 0.29) is 6.04 Å². The summed E-state index contributed by atoms with van der Waals surface area (Å²) >= 11 is 0. The molecule has 0 spiro atoms. The molecule has 0 unspecified atom stereocenters. The maximum absolute atomic E-state index is 13.0. The fraction of sp³-hybridized carbons (Fsp3) is 0.241. The van der Waals surface area contributed by atoms with E-state index in [4.69, 9.17) is 9.47 Å². The summed E-state index contributed by atoms with van der Waals surface area (Å²) in [6.07, 6.45) is -4.38. The van der Waals surface area contributed by atoms with Crippen molar-refractivity contribution in [2.75, 3.05) is 20.3 Å². The summed E-state index contributed by atoms with van der Waals surface area (Å²) in [5.41, 5.74) is 2.95. The molecule has 6 heteroatoms. The van der Waals surface area contributed by atoms with E-state index < -0.39 is 11.7 Å². The van der Waals surface area contributed by atoms with Crippen molar-refractivity contribution in [1.82, 2.24) is 5.32 Å².